The van der Waals surface area contributed by atoms with E-state index in [4.69, 9.17) is 10.1 Å². The highest BCUT2D eigenvalue weighted by Gasteiger charge is 2.23. The maximum Gasteiger partial charge on any atom is 0.294 e. The highest BCUT2D eigenvalue weighted by molar-refractivity contribution is 6.14. The Balaban J connectivity index is 1.89. The molecule has 4 N–H and O–H groups in total. The molecular formula is C24H32N8O3. The summed E-state index contributed by atoms with van der Waals surface area (Å²) in [4.78, 5) is 19.7. The minimum atomic E-state index is -0.428. The first kappa shape index (κ1) is 25.5. The minimum Gasteiger partial charge on any atom is -0.495 e. The number of ether oxygens (including phenoxy) is 1. The van der Waals surface area contributed by atoms with Crippen LogP contribution < -0.4 is 25.6 Å². The number of nitro benzene ring substituents is 1. The average molecular weight is 481 g/mol. The van der Waals surface area contributed by atoms with E-state index in [9.17, 15) is 10.1 Å². The van der Waals surface area contributed by atoms with Gasteiger partial charge in [-0.1, -0.05) is 0 Å². The van der Waals surface area contributed by atoms with E-state index in [-0.39, 0.29) is 11.4 Å². The van der Waals surface area contributed by atoms with Gasteiger partial charge in [0, 0.05) is 51.1 Å². The molecule has 0 spiro atoms. The summed E-state index contributed by atoms with van der Waals surface area (Å²) >= 11 is 0. The van der Waals surface area contributed by atoms with Gasteiger partial charge in [0.2, 0.25) is 0 Å². The Morgan fingerprint density at radius 2 is 2.06 bits per heavy atom. The molecule has 0 amide bonds. The number of pyridine rings is 1. The van der Waals surface area contributed by atoms with Crippen molar-refractivity contribution in [3.63, 3.8) is 0 Å². The average Bonchev–Trinajstić information content (AvgIpc) is 2.86. The predicted octanol–water partition coefficient (Wildman–Crippen LogP) is 2.89. The minimum absolute atomic E-state index is 0.0231. The summed E-state index contributed by atoms with van der Waals surface area (Å²) in [6, 6.07) is 6.82. The second kappa shape index (κ2) is 11.3. The van der Waals surface area contributed by atoms with Crippen LogP contribution >= 0.6 is 0 Å². The van der Waals surface area contributed by atoms with E-state index in [0.29, 0.717) is 34.9 Å². The number of dihydropyridines is 1. The summed E-state index contributed by atoms with van der Waals surface area (Å²) in [5.74, 6) is 0.478. The Morgan fingerprint density at radius 3 is 2.71 bits per heavy atom. The first-order chi connectivity index (χ1) is 16.7. The topological polar surface area (TPSA) is 132 Å². The van der Waals surface area contributed by atoms with E-state index in [1.54, 1.807) is 37.7 Å². The van der Waals surface area contributed by atoms with Crippen LogP contribution in [0.2, 0.25) is 0 Å². The maximum absolute atomic E-state index is 11.9. The predicted molar refractivity (Wildman–Crippen MR) is 140 cm³/mol. The third-order valence-electron chi connectivity index (χ3n) is 5.59. The van der Waals surface area contributed by atoms with E-state index in [2.05, 4.69) is 20.9 Å². The third-order valence-corrected chi connectivity index (χ3v) is 5.59. The molecule has 1 aromatic heterocycles. The first-order valence-corrected chi connectivity index (χ1v) is 11.1. The number of aromatic nitrogens is 1. The number of benzene rings is 1. The summed E-state index contributed by atoms with van der Waals surface area (Å²) in [5, 5.41) is 30.0. The molecule has 0 saturated heterocycles. The lowest BCUT2D eigenvalue weighted by atomic mass is 10.0. The van der Waals surface area contributed by atoms with Gasteiger partial charge in [0.15, 0.2) is 0 Å². The van der Waals surface area contributed by atoms with Crippen LogP contribution in [0.4, 0.5) is 22.7 Å². The zero-order chi connectivity index (χ0) is 25.5. The van der Waals surface area contributed by atoms with Crippen LogP contribution in [0, 0.1) is 15.5 Å². The van der Waals surface area contributed by atoms with Crippen molar-refractivity contribution < 1.29 is 9.66 Å². The van der Waals surface area contributed by atoms with Gasteiger partial charge in [0.25, 0.3) is 5.69 Å². The molecule has 0 saturated carbocycles. The van der Waals surface area contributed by atoms with Gasteiger partial charge in [-0.2, -0.15) is 0 Å². The Bertz CT molecular complexity index is 1150. The van der Waals surface area contributed by atoms with Gasteiger partial charge in [-0.3, -0.25) is 20.5 Å². The summed E-state index contributed by atoms with van der Waals surface area (Å²) in [6.07, 6.45) is 6.57. The van der Waals surface area contributed by atoms with E-state index in [0.717, 1.165) is 12.2 Å². The van der Waals surface area contributed by atoms with Crippen molar-refractivity contribution in [2.45, 2.75) is 6.17 Å². The highest BCUT2D eigenvalue weighted by atomic mass is 16.6. The van der Waals surface area contributed by atoms with Crippen molar-refractivity contribution in [3.8, 4) is 5.75 Å². The van der Waals surface area contributed by atoms with E-state index in [1.165, 1.54) is 13.2 Å². The van der Waals surface area contributed by atoms with Crippen LogP contribution in [0.3, 0.4) is 0 Å². The van der Waals surface area contributed by atoms with E-state index < -0.39 is 11.1 Å². The van der Waals surface area contributed by atoms with E-state index in [1.807, 2.05) is 43.1 Å². The lowest BCUT2D eigenvalue weighted by molar-refractivity contribution is -0.384. The number of likely N-dealkylation sites (N-methyl/N-ethyl adjacent to an activating group) is 2. The molecule has 0 aliphatic carbocycles. The summed E-state index contributed by atoms with van der Waals surface area (Å²) in [7, 11) is 9.04. The fourth-order valence-electron chi connectivity index (χ4n) is 3.65. The summed E-state index contributed by atoms with van der Waals surface area (Å²) in [5.41, 5.74) is 3.12. The number of hydrogen-bond donors (Lipinski definition) is 4. The second-order valence-electron chi connectivity index (χ2n) is 8.29. The summed E-state index contributed by atoms with van der Waals surface area (Å²) < 4.78 is 5.56. The zero-order valence-electron chi connectivity index (χ0n) is 20.6. The van der Waals surface area contributed by atoms with Crippen LogP contribution in [0.25, 0.3) is 0 Å². The monoisotopic (exact) mass is 480 g/mol. The molecule has 2 aromatic rings. The van der Waals surface area contributed by atoms with Crippen molar-refractivity contribution in [2.75, 3.05) is 63.9 Å². The molecule has 1 aliphatic rings. The van der Waals surface area contributed by atoms with Gasteiger partial charge in [-0.05, 0) is 44.6 Å². The quantitative estimate of drug-likeness (QED) is 0.218. The van der Waals surface area contributed by atoms with Crippen molar-refractivity contribution in [1.82, 2.24) is 15.2 Å². The van der Waals surface area contributed by atoms with Gasteiger partial charge in [0.1, 0.15) is 23.3 Å². The van der Waals surface area contributed by atoms with Crippen molar-refractivity contribution in [1.29, 1.82) is 5.41 Å². The molecule has 186 valence electrons. The molecule has 0 bridgehead atoms. The van der Waals surface area contributed by atoms with Crippen LogP contribution in [-0.2, 0) is 0 Å². The van der Waals surface area contributed by atoms with Gasteiger partial charge in [0.05, 0.1) is 29.1 Å². The number of methoxy groups -OCH3 is 1. The molecule has 11 nitrogen and oxygen atoms in total. The molecule has 1 unspecified atom stereocenters. The normalized spacial score (nSPS) is 14.7. The Labute approximate surface area is 205 Å². The molecule has 0 fully saturated rings. The third kappa shape index (κ3) is 6.07. The van der Waals surface area contributed by atoms with Crippen LogP contribution in [0.1, 0.15) is 5.69 Å². The second-order valence-corrected chi connectivity index (χ2v) is 8.29. The number of nitrogens with zero attached hydrogens (tertiary/aromatic N) is 4. The standard InChI is InChI=1S/C24H32N8O3/c1-26-17-7-6-9-28-24(17)23(25)16-8-10-27-22(13-16)29-18-14-20(32(33)34)19(15-21(18)35-5)31(4)12-11-30(2)3/h6-10,13-15,22,25-27,29H,11-12H2,1-5H3. The molecule has 1 aromatic carbocycles. The van der Waals surface area contributed by atoms with Gasteiger partial charge in [-0.15, -0.1) is 0 Å². The van der Waals surface area contributed by atoms with Gasteiger partial charge >= 0.3 is 0 Å². The Hall–Kier alpha value is -4.12. The van der Waals surface area contributed by atoms with Crippen LogP contribution in [-0.4, -0.2) is 75.1 Å². The van der Waals surface area contributed by atoms with E-state index >= 15 is 0 Å². The fourth-order valence-corrected chi connectivity index (χ4v) is 3.65. The number of rotatable bonds is 11. The zero-order valence-corrected chi connectivity index (χ0v) is 20.6. The molecule has 11 heteroatoms. The number of nitro groups is 1. The van der Waals surface area contributed by atoms with Gasteiger partial charge in [-0.25, -0.2) is 0 Å². The Morgan fingerprint density at radius 1 is 1.29 bits per heavy atom. The molecule has 1 aliphatic heterocycles. The number of hydrogen-bond acceptors (Lipinski definition) is 10. The lowest BCUT2D eigenvalue weighted by Crippen LogP contribution is -2.34. The smallest absolute Gasteiger partial charge is 0.294 e. The van der Waals surface area contributed by atoms with Crippen molar-refractivity contribution in [2.24, 2.45) is 0 Å². The summed E-state index contributed by atoms with van der Waals surface area (Å²) in [6.45, 7) is 1.37. The fraction of sp³-hybridized carbons (Fsp3) is 0.333. The highest BCUT2D eigenvalue weighted by Crippen LogP contribution is 2.38. The number of nitrogens with one attached hydrogen (secondary N) is 4. The lowest BCUT2D eigenvalue weighted by Gasteiger charge is -2.25. The SMILES string of the molecule is CNc1cccnc1C(=N)C1=CC(Nc2cc([N+](=O)[O-])c(N(C)CCN(C)C)cc2OC)NC=C1. The van der Waals surface area contributed by atoms with Crippen molar-refractivity contribution in [3.05, 3.63) is 70.2 Å². The largest absolute Gasteiger partial charge is 0.495 e. The molecule has 35 heavy (non-hydrogen) atoms. The molecular weight excluding hydrogens is 448 g/mol. The van der Waals surface area contributed by atoms with Gasteiger partial charge < -0.3 is 30.5 Å². The molecule has 2 heterocycles. The Kier molecular flexibility index (Phi) is 8.26. The number of allylic oxidation sites excluding steroid dienone is 2. The van der Waals surface area contributed by atoms with Crippen LogP contribution in [0.5, 0.6) is 5.75 Å². The molecule has 0 radical (unpaired) electrons. The molecule has 3 rings (SSSR count). The van der Waals surface area contributed by atoms with Crippen molar-refractivity contribution >= 4 is 28.5 Å². The van der Waals surface area contributed by atoms with Crippen LogP contribution in [0.15, 0.2) is 54.4 Å². The maximum atomic E-state index is 11.9. The number of anilines is 3. The molecule has 1 atom stereocenters. The first-order valence-electron chi connectivity index (χ1n) is 11.1.